The summed E-state index contributed by atoms with van der Waals surface area (Å²) in [5, 5.41) is 0. The molecular formula is C12H16F3N3. The van der Waals surface area contributed by atoms with Gasteiger partial charge in [-0.2, -0.15) is 13.2 Å². The first-order valence-electron chi connectivity index (χ1n) is 5.94. The molecule has 1 aliphatic rings. The lowest BCUT2D eigenvalue weighted by atomic mass is 9.97. The van der Waals surface area contributed by atoms with Crippen LogP contribution in [0.15, 0.2) is 18.3 Å². The molecular weight excluding hydrogens is 243 g/mol. The van der Waals surface area contributed by atoms with E-state index in [0.29, 0.717) is 25.2 Å². The Morgan fingerprint density at radius 1 is 1.44 bits per heavy atom. The molecule has 0 amide bonds. The Bertz CT molecular complexity index is 406. The summed E-state index contributed by atoms with van der Waals surface area (Å²) >= 11 is 0. The van der Waals surface area contributed by atoms with Gasteiger partial charge in [0.15, 0.2) is 0 Å². The van der Waals surface area contributed by atoms with E-state index in [2.05, 4.69) is 4.98 Å². The van der Waals surface area contributed by atoms with Gasteiger partial charge in [-0.15, -0.1) is 0 Å². The van der Waals surface area contributed by atoms with Crippen LogP contribution < -0.4 is 5.73 Å². The maximum Gasteiger partial charge on any atom is 0.393 e. The lowest BCUT2D eigenvalue weighted by molar-refractivity contribution is -0.187. The van der Waals surface area contributed by atoms with Crippen molar-refractivity contribution in [2.75, 3.05) is 18.8 Å². The number of pyridine rings is 1. The molecule has 2 heterocycles. The van der Waals surface area contributed by atoms with E-state index >= 15 is 0 Å². The molecule has 2 N–H and O–H groups in total. The Balaban J connectivity index is 1.98. The highest BCUT2D eigenvalue weighted by atomic mass is 19.4. The highest BCUT2D eigenvalue weighted by Gasteiger charge is 2.41. The summed E-state index contributed by atoms with van der Waals surface area (Å²) < 4.78 is 38.0. The number of halogens is 3. The van der Waals surface area contributed by atoms with Gasteiger partial charge < -0.3 is 5.73 Å². The summed E-state index contributed by atoms with van der Waals surface area (Å²) in [6, 6.07) is 3.37. The van der Waals surface area contributed by atoms with Crippen LogP contribution >= 0.6 is 0 Å². The third-order valence-corrected chi connectivity index (χ3v) is 3.19. The summed E-state index contributed by atoms with van der Waals surface area (Å²) in [5.41, 5.74) is 6.93. The van der Waals surface area contributed by atoms with Crippen LogP contribution in [-0.2, 0) is 6.54 Å². The van der Waals surface area contributed by atoms with Crippen molar-refractivity contribution >= 4 is 5.69 Å². The van der Waals surface area contributed by atoms with E-state index in [1.807, 2.05) is 0 Å². The zero-order valence-corrected chi connectivity index (χ0v) is 9.95. The fourth-order valence-electron chi connectivity index (χ4n) is 2.28. The standard InChI is InChI=1S/C12H16F3N3/c13-12(14,15)9-2-1-5-18(7-9)8-11-6-10(16)3-4-17-11/h3-4,6,9H,1-2,5,7-8H2,(H2,16,17). The maximum atomic E-state index is 12.7. The number of nitrogen functional groups attached to an aromatic ring is 1. The van der Waals surface area contributed by atoms with Crippen LogP contribution in [0, 0.1) is 5.92 Å². The summed E-state index contributed by atoms with van der Waals surface area (Å²) in [7, 11) is 0. The zero-order valence-electron chi connectivity index (χ0n) is 9.95. The minimum absolute atomic E-state index is 0.0555. The molecule has 6 heteroatoms. The highest BCUT2D eigenvalue weighted by molar-refractivity contribution is 5.37. The fraction of sp³-hybridized carbons (Fsp3) is 0.583. The van der Waals surface area contributed by atoms with Crippen molar-refractivity contribution in [3.8, 4) is 0 Å². The van der Waals surface area contributed by atoms with E-state index < -0.39 is 12.1 Å². The van der Waals surface area contributed by atoms with Crippen LogP contribution in [0.2, 0.25) is 0 Å². The SMILES string of the molecule is Nc1ccnc(CN2CCCC(C(F)(F)F)C2)c1. The van der Waals surface area contributed by atoms with Gasteiger partial charge in [0.1, 0.15) is 0 Å². The van der Waals surface area contributed by atoms with Crippen molar-refractivity contribution in [1.29, 1.82) is 0 Å². The van der Waals surface area contributed by atoms with Gasteiger partial charge >= 0.3 is 6.18 Å². The molecule has 0 spiro atoms. The molecule has 1 fully saturated rings. The average molecular weight is 259 g/mol. The number of likely N-dealkylation sites (tertiary alicyclic amines) is 1. The number of rotatable bonds is 2. The molecule has 0 saturated carbocycles. The molecule has 1 aromatic heterocycles. The monoisotopic (exact) mass is 259 g/mol. The van der Waals surface area contributed by atoms with Gasteiger partial charge in [0.25, 0.3) is 0 Å². The average Bonchev–Trinajstić information content (AvgIpc) is 2.28. The second kappa shape index (κ2) is 5.14. The van der Waals surface area contributed by atoms with Crippen LogP contribution in [0.1, 0.15) is 18.5 Å². The van der Waals surface area contributed by atoms with Crippen molar-refractivity contribution in [1.82, 2.24) is 9.88 Å². The Morgan fingerprint density at radius 3 is 2.89 bits per heavy atom. The summed E-state index contributed by atoms with van der Waals surface area (Å²) in [6.45, 7) is 1.17. The third kappa shape index (κ3) is 3.35. The van der Waals surface area contributed by atoms with Gasteiger partial charge in [-0.05, 0) is 31.5 Å². The zero-order chi connectivity index (χ0) is 13.2. The Hall–Kier alpha value is -1.30. The number of nitrogens with zero attached hydrogens (tertiary/aromatic N) is 2. The van der Waals surface area contributed by atoms with E-state index in [1.54, 1.807) is 23.2 Å². The third-order valence-electron chi connectivity index (χ3n) is 3.19. The summed E-state index contributed by atoms with van der Waals surface area (Å²) in [4.78, 5) is 5.91. The van der Waals surface area contributed by atoms with Crippen molar-refractivity contribution in [3.05, 3.63) is 24.0 Å². The first kappa shape index (κ1) is 13.1. The van der Waals surface area contributed by atoms with Crippen molar-refractivity contribution < 1.29 is 13.2 Å². The number of alkyl halides is 3. The second-order valence-corrected chi connectivity index (χ2v) is 4.70. The quantitative estimate of drug-likeness (QED) is 0.887. The van der Waals surface area contributed by atoms with E-state index in [9.17, 15) is 13.2 Å². The molecule has 100 valence electrons. The van der Waals surface area contributed by atoms with Crippen LogP contribution in [0.25, 0.3) is 0 Å². The molecule has 3 nitrogen and oxygen atoms in total. The number of hydrogen-bond acceptors (Lipinski definition) is 3. The van der Waals surface area contributed by atoms with Gasteiger partial charge in [0.05, 0.1) is 11.6 Å². The Labute approximate surface area is 104 Å². The minimum Gasteiger partial charge on any atom is -0.399 e. The van der Waals surface area contributed by atoms with Gasteiger partial charge in [-0.25, -0.2) is 0 Å². The van der Waals surface area contributed by atoms with Crippen LogP contribution in [0.5, 0.6) is 0 Å². The lowest BCUT2D eigenvalue weighted by Gasteiger charge is -2.33. The fourth-order valence-corrected chi connectivity index (χ4v) is 2.28. The van der Waals surface area contributed by atoms with Crippen LogP contribution in [0.4, 0.5) is 18.9 Å². The highest BCUT2D eigenvalue weighted by Crippen LogP contribution is 2.33. The molecule has 0 bridgehead atoms. The molecule has 1 saturated heterocycles. The molecule has 0 aromatic carbocycles. The number of hydrogen-bond donors (Lipinski definition) is 1. The minimum atomic E-state index is -4.10. The van der Waals surface area contributed by atoms with Gasteiger partial charge in [0.2, 0.25) is 0 Å². The van der Waals surface area contributed by atoms with Crippen LogP contribution in [-0.4, -0.2) is 29.1 Å². The number of nitrogens with two attached hydrogens (primary N) is 1. The normalized spacial score (nSPS) is 22.1. The second-order valence-electron chi connectivity index (χ2n) is 4.70. The van der Waals surface area contributed by atoms with Gasteiger partial charge in [-0.3, -0.25) is 9.88 Å². The first-order chi connectivity index (χ1) is 8.45. The maximum absolute atomic E-state index is 12.7. The lowest BCUT2D eigenvalue weighted by Crippen LogP contribution is -2.41. The van der Waals surface area contributed by atoms with Crippen molar-refractivity contribution in [3.63, 3.8) is 0 Å². The Kier molecular flexibility index (Phi) is 3.75. The van der Waals surface area contributed by atoms with E-state index in [1.165, 1.54) is 0 Å². The molecule has 1 unspecified atom stereocenters. The van der Waals surface area contributed by atoms with Gasteiger partial charge in [-0.1, -0.05) is 0 Å². The Morgan fingerprint density at radius 2 is 2.22 bits per heavy atom. The topological polar surface area (TPSA) is 42.1 Å². The smallest absolute Gasteiger partial charge is 0.393 e. The predicted octanol–water partition coefficient (Wildman–Crippen LogP) is 2.44. The predicted molar refractivity (Wildman–Crippen MR) is 62.7 cm³/mol. The number of anilines is 1. The summed E-state index contributed by atoms with van der Waals surface area (Å²) in [5.74, 6) is -1.22. The van der Waals surface area contributed by atoms with E-state index in [0.717, 1.165) is 5.69 Å². The molecule has 0 radical (unpaired) electrons. The number of aromatic nitrogens is 1. The van der Waals surface area contributed by atoms with Crippen molar-refractivity contribution in [2.24, 2.45) is 5.92 Å². The largest absolute Gasteiger partial charge is 0.399 e. The molecule has 1 aliphatic heterocycles. The van der Waals surface area contributed by atoms with E-state index in [-0.39, 0.29) is 13.0 Å². The first-order valence-corrected chi connectivity index (χ1v) is 5.94. The molecule has 1 aromatic rings. The molecule has 0 aliphatic carbocycles. The van der Waals surface area contributed by atoms with Gasteiger partial charge in [0, 0.05) is 25.0 Å². The van der Waals surface area contributed by atoms with E-state index in [4.69, 9.17) is 5.73 Å². The van der Waals surface area contributed by atoms with Crippen molar-refractivity contribution in [2.45, 2.75) is 25.6 Å². The van der Waals surface area contributed by atoms with Crippen LogP contribution in [0.3, 0.4) is 0 Å². The number of piperidine rings is 1. The molecule has 2 rings (SSSR count). The molecule has 1 atom stereocenters. The summed E-state index contributed by atoms with van der Waals surface area (Å²) in [6.07, 6.45) is -1.71. The molecule has 18 heavy (non-hydrogen) atoms.